The lowest BCUT2D eigenvalue weighted by atomic mass is 10.0. The van der Waals surface area contributed by atoms with Gasteiger partial charge in [-0.15, -0.1) is 0 Å². The molecule has 4 aromatic rings. The van der Waals surface area contributed by atoms with Crippen LogP contribution >= 0.6 is 0 Å². The number of rotatable bonds is 6. The van der Waals surface area contributed by atoms with Gasteiger partial charge in [0.2, 0.25) is 5.91 Å². The first-order chi connectivity index (χ1) is 18.4. The largest absolute Gasteiger partial charge is 0.459 e. The van der Waals surface area contributed by atoms with Gasteiger partial charge in [0.1, 0.15) is 17.2 Å². The van der Waals surface area contributed by atoms with Crippen molar-refractivity contribution >= 4 is 34.7 Å². The van der Waals surface area contributed by atoms with Gasteiger partial charge in [0, 0.05) is 36.3 Å². The predicted molar refractivity (Wildman–Crippen MR) is 140 cm³/mol. The van der Waals surface area contributed by atoms with E-state index in [-0.39, 0.29) is 18.1 Å². The number of hydrogen-bond donors (Lipinski definition) is 2. The third-order valence-corrected chi connectivity index (χ3v) is 6.17. The molecule has 0 saturated carbocycles. The Morgan fingerprint density at radius 3 is 2.74 bits per heavy atom. The van der Waals surface area contributed by atoms with E-state index in [0.29, 0.717) is 49.2 Å². The number of furan rings is 1. The first-order valence-electron chi connectivity index (χ1n) is 12.1. The second-order valence-electron chi connectivity index (χ2n) is 8.92. The Morgan fingerprint density at radius 1 is 1.16 bits per heavy atom. The first-order valence-corrected chi connectivity index (χ1v) is 12.1. The molecule has 3 aromatic heterocycles. The van der Waals surface area contributed by atoms with Gasteiger partial charge in [-0.2, -0.15) is 0 Å². The van der Waals surface area contributed by atoms with E-state index in [1.165, 1.54) is 12.1 Å². The second kappa shape index (κ2) is 10.8. The molecule has 0 bridgehead atoms. The summed E-state index contributed by atoms with van der Waals surface area (Å²) in [5.74, 6) is -0.411. The molecular formula is C28H26FN5O4. The summed E-state index contributed by atoms with van der Waals surface area (Å²) in [7, 11) is 0. The summed E-state index contributed by atoms with van der Waals surface area (Å²) >= 11 is 0. The van der Waals surface area contributed by atoms with E-state index in [2.05, 4.69) is 15.3 Å². The number of fused-ring (bicyclic) bond motifs is 1. The number of anilines is 1. The van der Waals surface area contributed by atoms with E-state index in [4.69, 9.17) is 14.9 Å². The van der Waals surface area contributed by atoms with Gasteiger partial charge in [-0.25, -0.2) is 14.4 Å². The zero-order chi connectivity index (χ0) is 26.6. The number of aryl methyl sites for hydroxylation is 1. The minimum Gasteiger partial charge on any atom is -0.459 e. The van der Waals surface area contributed by atoms with Crippen molar-refractivity contribution in [3.63, 3.8) is 0 Å². The Morgan fingerprint density at radius 2 is 1.97 bits per heavy atom. The van der Waals surface area contributed by atoms with Crippen LogP contribution in [0.5, 0.6) is 0 Å². The molecule has 0 spiro atoms. The molecule has 38 heavy (non-hydrogen) atoms. The lowest BCUT2D eigenvalue weighted by molar-refractivity contribution is -0.116. The molecule has 10 heteroatoms. The monoisotopic (exact) mass is 515 g/mol. The zero-order valence-corrected chi connectivity index (χ0v) is 20.7. The number of aromatic nitrogens is 2. The molecule has 0 atom stereocenters. The number of carbonyl (C=O) groups excluding carboxylic acids is 2. The molecule has 3 N–H and O–H groups in total. The van der Waals surface area contributed by atoms with Gasteiger partial charge < -0.3 is 25.1 Å². The summed E-state index contributed by atoms with van der Waals surface area (Å²) in [5.41, 5.74) is 8.84. The minimum atomic E-state index is -0.661. The Bertz CT molecular complexity index is 1520. The number of pyridine rings is 2. The van der Waals surface area contributed by atoms with Crippen molar-refractivity contribution < 1.29 is 23.1 Å². The van der Waals surface area contributed by atoms with Crippen molar-refractivity contribution in [3.8, 4) is 11.3 Å². The number of nitrogen functional groups attached to an aromatic ring is 1. The van der Waals surface area contributed by atoms with Crippen molar-refractivity contribution in [2.45, 2.75) is 13.5 Å². The van der Waals surface area contributed by atoms with Crippen LogP contribution in [0.25, 0.3) is 28.3 Å². The molecule has 0 radical (unpaired) electrons. The summed E-state index contributed by atoms with van der Waals surface area (Å²) in [5, 5.41) is 3.60. The maximum atomic E-state index is 14.5. The van der Waals surface area contributed by atoms with Crippen LogP contribution in [0.3, 0.4) is 0 Å². The topological polar surface area (TPSA) is 124 Å². The smallest absolute Gasteiger partial charge is 0.275 e. The molecule has 1 saturated heterocycles. The number of nitrogens with one attached hydrogen (secondary N) is 1. The van der Waals surface area contributed by atoms with Crippen molar-refractivity contribution in [3.05, 3.63) is 83.1 Å². The lowest BCUT2D eigenvalue weighted by Crippen LogP contribution is -2.41. The van der Waals surface area contributed by atoms with E-state index >= 15 is 0 Å². The maximum absolute atomic E-state index is 14.5. The molecule has 5 rings (SSSR count). The van der Waals surface area contributed by atoms with E-state index in [1.807, 2.05) is 25.1 Å². The van der Waals surface area contributed by atoms with Crippen LogP contribution in [0.4, 0.5) is 10.2 Å². The van der Waals surface area contributed by atoms with Gasteiger partial charge in [-0.05, 0) is 66.6 Å². The maximum Gasteiger partial charge on any atom is 0.275 e. The minimum absolute atomic E-state index is 0.194. The molecule has 2 amide bonds. The van der Waals surface area contributed by atoms with Crippen LogP contribution in [0, 0.1) is 12.7 Å². The molecule has 0 unspecified atom stereocenters. The van der Waals surface area contributed by atoms with Gasteiger partial charge in [0.15, 0.2) is 11.5 Å². The number of nitrogens with two attached hydrogens (primary N) is 1. The molecular weight excluding hydrogens is 489 g/mol. The number of morpholine rings is 1. The lowest BCUT2D eigenvalue weighted by Gasteiger charge is -2.26. The van der Waals surface area contributed by atoms with Gasteiger partial charge in [-0.1, -0.05) is 0 Å². The number of nitrogens with zero attached hydrogens (tertiary/aromatic N) is 3. The van der Waals surface area contributed by atoms with Gasteiger partial charge >= 0.3 is 0 Å². The first kappa shape index (κ1) is 25.1. The van der Waals surface area contributed by atoms with Crippen molar-refractivity contribution in [2.75, 3.05) is 32.0 Å². The number of carbonyl (C=O) groups is 2. The molecule has 1 fully saturated rings. The highest BCUT2D eigenvalue weighted by molar-refractivity contribution is 5.94. The number of ether oxygens (including phenoxy) is 1. The highest BCUT2D eigenvalue weighted by Gasteiger charge is 2.23. The summed E-state index contributed by atoms with van der Waals surface area (Å²) in [4.78, 5) is 35.0. The van der Waals surface area contributed by atoms with E-state index in [9.17, 15) is 14.0 Å². The number of amides is 2. The second-order valence-corrected chi connectivity index (χ2v) is 8.92. The van der Waals surface area contributed by atoms with Crippen LogP contribution in [-0.4, -0.2) is 53.0 Å². The summed E-state index contributed by atoms with van der Waals surface area (Å²) < 4.78 is 25.8. The molecule has 1 aliphatic heterocycles. The fourth-order valence-corrected chi connectivity index (χ4v) is 4.21. The Kier molecular flexibility index (Phi) is 7.14. The van der Waals surface area contributed by atoms with Gasteiger partial charge in [0.05, 0.1) is 25.5 Å². The fraction of sp³-hybridized carbons (Fsp3) is 0.214. The SMILES string of the molecule is Cc1cc(-c2ccc(F)c(C(=O)N3CCOCC3)n2)cc2cc(CNC(=O)/C=C/c3ccc(N)nc3)oc12. The average Bonchev–Trinajstić information content (AvgIpc) is 3.36. The summed E-state index contributed by atoms with van der Waals surface area (Å²) in [6, 6.07) is 11.8. The molecule has 194 valence electrons. The van der Waals surface area contributed by atoms with Crippen LogP contribution in [0.15, 0.2) is 59.2 Å². The molecule has 1 aliphatic rings. The van der Waals surface area contributed by atoms with Gasteiger partial charge in [-0.3, -0.25) is 9.59 Å². The van der Waals surface area contributed by atoms with Gasteiger partial charge in [0.25, 0.3) is 5.91 Å². The van der Waals surface area contributed by atoms with Crippen LogP contribution in [-0.2, 0) is 16.1 Å². The quantitative estimate of drug-likeness (QED) is 0.375. The number of hydrogen-bond acceptors (Lipinski definition) is 7. The van der Waals surface area contributed by atoms with Crippen LogP contribution in [0.2, 0.25) is 0 Å². The van der Waals surface area contributed by atoms with E-state index in [1.54, 1.807) is 35.4 Å². The average molecular weight is 516 g/mol. The summed E-state index contributed by atoms with van der Waals surface area (Å²) in [6.45, 7) is 3.73. The highest BCUT2D eigenvalue weighted by atomic mass is 19.1. The Hall–Kier alpha value is -4.57. The highest BCUT2D eigenvalue weighted by Crippen LogP contribution is 2.30. The standard InChI is InChI=1S/C28H26FN5O4/c1-17-12-19(23-5-4-22(29)26(33-23)28(36)34-8-10-37-11-9-34)13-20-14-21(38-27(17)20)16-32-25(35)7-3-18-2-6-24(30)31-15-18/h2-7,12-15H,8-11,16H2,1H3,(H2,30,31)(H,32,35)/b7-3+. The van der Waals surface area contributed by atoms with Crippen molar-refractivity contribution in [1.29, 1.82) is 0 Å². The summed E-state index contributed by atoms with van der Waals surface area (Å²) in [6.07, 6.45) is 4.63. The Balaban J connectivity index is 1.32. The fourth-order valence-electron chi connectivity index (χ4n) is 4.21. The third-order valence-electron chi connectivity index (χ3n) is 6.17. The van der Waals surface area contributed by atoms with E-state index in [0.717, 1.165) is 22.1 Å². The normalized spacial score (nSPS) is 13.8. The van der Waals surface area contributed by atoms with E-state index < -0.39 is 11.7 Å². The molecule has 0 aliphatic carbocycles. The molecule has 9 nitrogen and oxygen atoms in total. The molecule has 1 aromatic carbocycles. The number of halogens is 1. The Labute approximate surface area is 218 Å². The van der Waals surface area contributed by atoms with Crippen molar-refractivity contribution in [2.24, 2.45) is 0 Å². The van der Waals surface area contributed by atoms with Crippen LogP contribution < -0.4 is 11.1 Å². The third kappa shape index (κ3) is 5.55. The molecule has 4 heterocycles. The predicted octanol–water partition coefficient (Wildman–Crippen LogP) is 3.72. The zero-order valence-electron chi connectivity index (χ0n) is 20.7. The number of benzene rings is 1. The van der Waals surface area contributed by atoms with Crippen LogP contribution in [0.1, 0.15) is 27.4 Å². The van der Waals surface area contributed by atoms with Crippen molar-refractivity contribution in [1.82, 2.24) is 20.2 Å².